The van der Waals surface area contributed by atoms with Gasteiger partial charge in [0.05, 0.1) is 27.3 Å². The van der Waals surface area contributed by atoms with Crippen molar-refractivity contribution >= 4 is 44.4 Å². The summed E-state index contributed by atoms with van der Waals surface area (Å²) in [6.45, 7) is 3.22. The van der Waals surface area contributed by atoms with E-state index >= 15 is 0 Å². The number of carbonyl (C=O) groups excluding carboxylic acids is 3. The molecule has 13 heteroatoms. The van der Waals surface area contributed by atoms with Crippen LogP contribution in [0.4, 0.5) is 18.9 Å². The Morgan fingerprint density at radius 1 is 1.29 bits per heavy atom. The van der Waals surface area contributed by atoms with E-state index in [1.165, 1.54) is 23.6 Å². The number of nitrogens with zero attached hydrogens (tertiary/aromatic N) is 1. The van der Waals surface area contributed by atoms with Crippen molar-refractivity contribution in [3.05, 3.63) is 41.2 Å². The number of hydrogen-bond donors (Lipinski definition) is 4. The summed E-state index contributed by atoms with van der Waals surface area (Å²) in [5.74, 6) is -4.33. The Bertz CT molecular complexity index is 1120. The second kappa shape index (κ2) is 8.58. The third kappa shape index (κ3) is 4.35. The number of nitrogens with two attached hydrogens (primary N) is 2. The van der Waals surface area contributed by atoms with E-state index in [2.05, 4.69) is 19.9 Å². The minimum Gasteiger partial charge on any atom is -0.403 e. The van der Waals surface area contributed by atoms with Gasteiger partial charge >= 0.3 is 11.8 Å². The molecule has 0 aromatic heterocycles. The number of nitrogens with one attached hydrogen (secondary N) is 2. The van der Waals surface area contributed by atoms with Crippen molar-refractivity contribution in [3.8, 4) is 0 Å². The molecule has 0 spiro atoms. The molecule has 4 atom stereocenters. The lowest BCUT2D eigenvalue weighted by Gasteiger charge is -2.50. The van der Waals surface area contributed by atoms with Crippen LogP contribution in [-0.2, 0) is 14.4 Å². The summed E-state index contributed by atoms with van der Waals surface area (Å²) < 4.78 is 41.2. The molecule has 2 heterocycles. The summed E-state index contributed by atoms with van der Waals surface area (Å²) in [6.07, 6.45) is 1.27. The van der Waals surface area contributed by atoms with Gasteiger partial charge in [0.1, 0.15) is 17.0 Å². The van der Waals surface area contributed by atoms with Gasteiger partial charge in [-0.15, -0.1) is 11.8 Å². The number of carbonyl (C=O) groups is 3. The van der Waals surface area contributed by atoms with Gasteiger partial charge in [-0.1, -0.05) is 16.2 Å². The number of halogens is 3. The van der Waals surface area contributed by atoms with Gasteiger partial charge in [-0.25, -0.2) is 13.2 Å². The molecule has 1 aromatic rings. The average molecular weight is 530 g/mol. The van der Waals surface area contributed by atoms with E-state index in [4.69, 9.17) is 11.5 Å². The molecular formula is C22H27F3N5O3PS. The standard InChI is InChI=1S/C22H27F3N5O3PS/c1-10-13(23)5-12(6-14(10)24)28-16(31)11(2)22-3-4-30(19(22)35-22)18(33)17(32)29-20(15(27)7-26)8-21(25,34)9-20/h5-7,11,19H,3-4,8-9,26-27,34H2,1-2H3,(H,28,31)(H,29,32)/b15-7-. The molecule has 0 bridgehead atoms. The highest BCUT2D eigenvalue weighted by Crippen LogP contribution is 2.65. The summed E-state index contributed by atoms with van der Waals surface area (Å²) in [5.41, 5.74) is 10.0. The Morgan fingerprint density at radius 2 is 1.89 bits per heavy atom. The molecule has 0 radical (unpaired) electrons. The molecule has 6 N–H and O–H groups in total. The lowest BCUT2D eigenvalue weighted by Crippen LogP contribution is -2.66. The van der Waals surface area contributed by atoms with Crippen LogP contribution in [0.25, 0.3) is 0 Å². The van der Waals surface area contributed by atoms with E-state index in [0.717, 1.165) is 18.3 Å². The number of amides is 3. The highest BCUT2D eigenvalue weighted by Gasteiger charge is 2.68. The van der Waals surface area contributed by atoms with Gasteiger partial charge in [-0.2, -0.15) is 0 Å². The molecule has 35 heavy (non-hydrogen) atoms. The van der Waals surface area contributed by atoms with E-state index in [0.29, 0.717) is 6.42 Å². The van der Waals surface area contributed by atoms with E-state index in [-0.39, 0.29) is 36.3 Å². The number of hydrogen-bond acceptors (Lipinski definition) is 6. The Kier molecular flexibility index (Phi) is 6.29. The second-order valence-electron chi connectivity index (χ2n) is 9.50. The van der Waals surface area contributed by atoms with Gasteiger partial charge in [0.25, 0.3) is 0 Å². The van der Waals surface area contributed by atoms with Crippen LogP contribution in [0.2, 0.25) is 0 Å². The molecule has 3 amide bonds. The smallest absolute Gasteiger partial charge is 0.312 e. The first-order valence-corrected chi connectivity index (χ1v) is 12.4. The predicted molar refractivity (Wildman–Crippen MR) is 129 cm³/mol. The van der Waals surface area contributed by atoms with Crippen LogP contribution in [0.5, 0.6) is 0 Å². The maximum atomic E-state index is 14.2. The van der Waals surface area contributed by atoms with Crippen molar-refractivity contribution in [1.82, 2.24) is 10.2 Å². The fourth-order valence-corrected chi connectivity index (χ4v) is 7.25. The van der Waals surface area contributed by atoms with Crippen LogP contribution in [0.3, 0.4) is 0 Å². The third-order valence-electron chi connectivity index (χ3n) is 7.12. The van der Waals surface area contributed by atoms with Crippen molar-refractivity contribution in [2.75, 3.05) is 11.9 Å². The first-order chi connectivity index (χ1) is 16.2. The highest BCUT2D eigenvalue weighted by molar-refractivity contribution is 8.08. The maximum absolute atomic E-state index is 14.2. The van der Waals surface area contributed by atoms with Crippen LogP contribution in [-0.4, -0.2) is 50.2 Å². The summed E-state index contributed by atoms with van der Waals surface area (Å²) in [7, 11) is 2.05. The lowest BCUT2D eigenvalue weighted by molar-refractivity contribution is -0.147. The molecule has 2 saturated heterocycles. The fraction of sp³-hybridized carbons (Fsp3) is 0.500. The third-order valence-corrected chi connectivity index (χ3v) is 9.40. The zero-order chi connectivity index (χ0) is 25.9. The molecular weight excluding hydrogens is 502 g/mol. The normalized spacial score (nSPS) is 32.3. The van der Waals surface area contributed by atoms with E-state index < -0.39 is 56.3 Å². The van der Waals surface area contributed by atoms with Crippen LogP contribution in [0.15, 0.2) is 24.0 Å². The summed E-state index contributed by atoms with van der Waals surface area (Å²) in [5, 5.41) is 3.05. The first kappa shape index (κ1) is 25.6. The molecule has 1 aromatic carbocycles. The molecule has 1 aliphatic carbocycles. The van der Waals surface area contributed by atoms with Crippen molar-refractivity contribution in [3.63, 3.8) is 0 Å². The van der Waals surface area contributed by atoms with Crippen molar-refractivity contribution in [2.24, 2.45) is 17.4 Å². The first-order valence-electron chi connectivity index (χ1n) is 11.0. The average Bonchev–Trinajstić information content (AvgIpc) is 3.39. The molecule has 4 rings (SSSR count). The van der Waals surface area contributed by atoms with E-state index in [1.54, 1.807) is 6.92 Å². The molecule has 190 valence electrons. The molecule has 3 aliphatic rings. The van der Waals surface area contributed by atoms with E-state index in [1.807, 2.05) is 0 Å². The monoisotopic (exact) mass is 529 g/mol. The Morgan fingerprint density at radius 3 is 2.40 bits per heavy atom. The topological polar surface area (TPSA) is 131 Å². The number of fused-ring (bicyclic) bond motifs is 1. The van der Waals surface area contributed by atoms with Gasteiger partial charge in [-0.3, -0.25) is 14.4 Å². The summed E-state index contributed by atoms with van der Waals surface area (Å²) in [6, 6.07) is 2.09. The molecule has 3 fully saturated rings. The number of likely N-dealkylation sites (tertiary alicyclic amines) is 1. The van der Waals surface area contributed by atoms with Crippen LogP contribution in [0, 0.1) is 24.5 Å². The number of anilines is 1. The molecule has 2 aliphatic heterocycles. The molecule has 4 unspecified atom stereocenters. The van der Waals surface area contributed by atoms with Crippen molar-refractivity contribution < 1.29 is 27.6 Å². The lowest BCUT2D eigenvalue weighted by atomic mass is 9.72. The number of rotatable bonds is 5. The summed E-state index contributed by atoms with van der Waals surface area (Å²) >= 11 is 1.38. The number of benzene rings is 1. The quantitative estimate of drug-likeness (QED) is 0.262. The zero-order valence-electron chi connectivity index (χ0n) is 19.2. The van der Waals surface area contributed by atoms with Gasteiger partial charge in [0, 0.05) is 36.8 Å². The number of thioether (sulfide) groups is 1. The van der Waals surface area contributed by atoms with E-state index in [9.17, 15) is 27.6 Å². The molecule has 8 nitrogen and oxygen atoms in total. The largest absolute Gasteiger partial charge is 0.403 e. The Labute approximate surface area is 207 Å². The number of alkyl halides is 1. The van der Waals surface area contributed by atoms with Crippen molar-refractivity contribution in [1.29, 1.82) is 0 Å². The molecule has 1 saturated carbocycles. The zero-order valence-corrected chi connectivity index (χ0v) is 21.1. The minimum absolute atomic E-state index is 0.000673. The fourth-order valence-electron chi connectivity index (χ4n) is 4.90. The van der Waals surface area contributed by atoms with Crippen LogP contribution >= 0.6 is 21.0 Å². The van der Waals surface area contributed by atoms with Gasteiger partial charge in [-0.05, 0) is 25.5 Å². The van der Waals surface area contributed by atoms with Gasteiger partial charge < -0.3 is 27.0 Å². The second-order valence-corrected chi connectivity index (χ2v) is 12.0. The van der Waals surface area contributed by atoms with Crippen LogP contribution in [0.1, 0.15) is 31.7 Å². The Balaban J connectivity index is 1.40. The maximum Gasteiger partial charge on any atom is 0.312 e. The highest BCUT2D eigenvalue weighted by atomic mass is 32.2. The summed E-state index contributed by atoms with van der Waals surface area (Å²) in [4.78, 5) is 39.9. The van der Waals surface area contributed by atoms with Gasteiger partial charge in [0.15, 0.2) is 0 Å². The van der Waals surface area contributed by atoms with Crippen molar-refractivity contribution in [2.45, 2.75) is 54.2 Å². The predicted octanol–water partition coefficient (Wildman–Crippen LogP) is 1.84. The SMILES string of the molecule is Cc1c(F)cc(NC(=O)C(C)C23CCN(C(=O)C(=O)NC4(/C(N)=C/N)CC(F)(P)C4)C2S3)cc1F. The van der Waals surface area contributed by atoms with Gasteiger partial charge in [0.2, 0.25) is 5.91 Å². The van der Waals surface area contributed by atoms with Crippen LogP contribution < -0.4 is 22.1 Å². The minimum atomic E-state index is -1.62. The Hall–Kier alpha value is -2.46.